The van der Waals surface area contributed by atoms with Crippen molar-refractivity contribution in [3.8, 4) is 0 Å². The van der Waals surface area contributed by atoms with Crippen LogP contribution >= 0.6 is 0 Å². The minimum atomic E-state index is -0.754. The van der Waals surface area contributed by atoms with Crippen molar-refractivity contribution in [3.05, 3.63) is 0 Å². The average molecular weight is 213 g/mol. The number of carboxylic acids is 1. The van der Waals surface area contributed by atoms with Crippen molar-refractivity contribution in [2.24, 2.45) is 5.92 Å². The molecule has 0 aromatic carbocycles. The molecule has 1 aliphatic carbocycles. The molecule has 88 valence electrons. The smallest absolute Gasteiger partial charge is 0.320 e. The first-order valence-electron chi connectivity index (χ1n) is 6.16. The van der Waals surface area contributed by atoms with E-state index in [9.17, 15) is 4.79 Å². The van der Waals surface area contributed by atoms with Crippen LogP contribution in [0.3, 0.4) is 0 Å². The number of hydrogen-bond donors (Lipinski definition) is 2. The largest absolute Gasteiger partial charge is 0.480 e. The van der Waals surface area contributed by atoms with Gasteiger partial charge in [-0.25, -0.2) is 0 Å². The topological polar surface area (TPSA) is 49.3 Å². The summed E-state index contributed by atoms with van der Waals surface area (Å²) in [6, 6.07) is -0.407. The highest BCUT2D eigenvalue weighted by Crippen LogP contribution is 2.24. The Hall–Kier alpha value is -0.570. The highest BCUT2D eigenvalue weighted by Gasteiger charge is 2.13. The Bertz CT molecular complexity index is 186. The summed E-state index contributed by atoms with van der Waals surface area (Å²) in [5, 5.41) is 11.8. The van der Waals surface area contributed by atoms with Crippen LogP contribution in [0.1, 0.15) is 51.9 Å². The van der Waals surface area contributed by atoms with Gasteiger partial charge < -0.3 is 10.4 Å². The fourth-order valence-corrected chi connectivity index (χ4v) is 2.24. The van der Waals surface area contributed by atoms with Gasteiger partial charge in [-0.3, -0.25) is 4.79 Å². The van der Waals surface area contributed by atoms with Gasteiger partial charge in [0.25, 0.3) is 0 Å². The molecule has 1 saturated carbocycles. The average Bonchev–Trinajstić information content (AvgIpc) is 2.46. The van der Waals surface area contributed by atoms with Crippen LogP contribution in [0.4, 0.5) is 0 Å². The second-order valence-electron chi connectivity index (χ2n) is 4.66. The lowest BCUT2D eigenvalue weighted by molar-refractivity contribution is -0.139. The Morgan fingerprint density at radius 3 is 2.47 bits per heavy atom. The first-order valence-corrected chi connectivity index (χ1v) is 6.16. The van der Waals surface area contributed by atoms with Gasteiger partial charge in [-0.15, -0.1) is 0 Å². The molecule has 0 amide bonds. The number of hydrogen-bond acceptors (Lipinski definition) is 2. The molecule has 1 rings (SSSR count). The Morgan fingerprint density at radius 1 is 1.33 bits per heavy atom. The third kappa shape index (κ3) is 5.17. The molecule has 1 fully saturated rings. The quantitative estimate of drug-likeness (QED) is 0.689. The molecule has 2 N–H and O–H groups in total. The molecule has 1 aliphatic rings. The van der Waals surface area contributed by atoms with Crippen LogP contribution in [-0.4, -0.2) is 23.7 Å². The zero-order valence-electron chi connectivity index (χ0n) is 9.67. The number of rotatable bonds is 5. The van der Waals surface area contributed by atoms with E-state index in [1.54, 1.807) is 6.92 Å². The van der Waals surface area contributed by atoms with Gasteiger partial charge in [0.05, 0.1) is 0 Å². The van der Waals surface area contributed by atoms with Crippen molar-refractivity contribution in [2.75, 3.05) is 6.54 Å². The van der Waals surface area contributed by atoms with Gasteiger partial charge in [0.2, 0.25) is 0 Å². The van der Waals surface area contributed by atoms with Gasteiger partial charge in [0, 0.05) is 0 Å². The maximum Gasteiger partial charge on any atom is 0.320 e. The lowest BCUT2D eigenvalue weighted by atomic mass is 9.96. The van der Waals surface area contributed by atoms with E-state index in [2.05, 4.69) is 5.32 Å². The van der Waals surface area contributed by atoms with Gasteiger partial charge in [-0.1, -0.05) is 38.5 Å². The van der Waals surface area contributed by atoms with E-state index in [0.717, 1.165) is 18.9 Å². The first-order chi connectivity index (χ1) is 7.20. The number of aliphatic carboxylic acids is 1. The molecule has 15 heavy (non-hydrogen) atoms. The van der Waals surface area contributed by atoms with Crippen molar-refractivity contribution < 1.29 is 9.90 Å². The van der Waals surface area contributed by atoms with E-state index in [4.69, 9.17) is 5.11 Å². The predicted molar refractivity (Wildman–Crippen MR) is 60.9 cm³/mol. The zero-order valence-corrected chi connectivity index (χ0v) is 9.67. The maximum atomic E-state index is 10.6. The standard InChI is InChI=1S/C12H23NO2/c1-10(12(14)15)13-9-8-11-6-4-2-3-5-7-11/h10-11,13H,2-9H2,1H3,(H,14,15)/t10-/m1/s1. The van der Waals surface area contributed by atoms with E-state index >= 15 is 0 Å². The van der Waals surface area contributed by atoms with Crippen LogP contribution in [0.2, 0.25) is 0 Å². The van der Waals surface area contributed by atoms with E-state index in [1.165, 1.54) is 38.5 Å². The second kappa shape index (κ2) is 6.83. The summed E-state index contributed by atoms with van der Waals surface area (Å²) in [5.74, 6) is 0.0665. The van der Waals surface area contributed by atoms with Crippen LogP contribution in [-0.2, 0) is 4.79 Å². The molecular weight excluding hydrogens is 190 g/mol. The van der Waals surface area contributed by atoms with E-state index in [0.29, 0.717) is 0 Å². The molecule has 0 unspecified atom stereocenters. The molecule has 0 spiro atoms. The SMILES string of the molecule is C[C@@H](NCCC1CCCCCC1)C(=O)O. The number of nitrogens with one attached hydrogen (secondary N) is 1. The van der Waals surface area contributed by atoms with Gasteiger partial charge in [-0.05, 0) is 25.8 Å². The lowest BCUT2D eigenvalue weighted by Crippen LogP contribution is -2.34. The first kappa shape index (κ1) is 12.5. The third-order valence-electron chi connectivity index (χ3n) is 3.35. The van der Waals surface area contributed by atoms with Gasteiger partial charge in [0.15, 0.2) is 0 Å². The Labute approximate surface area is 92.3 Å². The second-order valence-corrected chi connectivity index (χ2v) is 4.66. The molecule has 0 aromatic heterocycles. The summed E-state index contributed by atoms with van der Waals surface area (Å²) < 4.78 is 0. The van der Waals surface area contributed by atoms with Crippen LogP contribution in [0.5, 0.6) is 0 Å². The lowest BCUT2D eigenvalue weighted by Gasteiger charge is -2.15. The predicted octanol–water partition coefficient (Wildman–Crippen LogP) is 2.41. The molecule has 1 atom stereocenters. The van der Waals surface area contributed by atoms with Crippen LogP contribution in [0, 0.1) is 5.92 Å². The highest BCUT2D eigenvalue weighted by molar-refractivity contribution is 5.72. The Kier molecular flexibility index (Phi) is 5.69. The summed E-state index contributed by atoms with van der Waals surface area (Å²) in [6.07, 6.45) is 9.30. The van der Waals surface area contributed by atoms with E-state index in [-0.39, 0.29) is 0 Å². The molecule has 0 heterocycles. The fraction of sp³-hybridized carbons (Fsp3) is 0.917. The van der Waals surface area contributed by atoms with Crippen molar-refractivity contribution in [1.82, 2.24) is 5.32 Å². The number of carbonyl (C=O) groups is 1. The number of carboxylic acid groups (broad SMARTS) is 1. The molecule has 0 saturated heterocycles. The van der Waals surface area contributed by atoms with Crippen molar-refractivity contribution in [2.45, 2.75) is 57.9 Å². The molecule has 0 aliphatic heterocycles. The van der Waals surface area contributed by atoms with Crippen molar-refractivity contribution in [3.63, 3.8) is 0 Å². The van der Waals surface area contributed by atoms with Crippen LogP contribution in [0.25, 0.3) is 0 Å². The molecule has 3 heteroatoms. The summed E-state index contributed by atoms with van der Waals surface area (Å²) >= 11 is 0. The van der Waals surface area contributed by atoms with E-state index in [1.807, 2.05) is 0 Å². The van der Waals surface area contributed by atoms with Crippen LogP contribution < -0.4 is 5.32 Å². The Morgan fingerprint density at radius 2 is 1.93 bits per heavy atom. The maximum absolute atomic E-state index is 10.6. The summed E-state index contributed by atoms with van der Waals surface area (Å²) in [6.45, 7) is 2.55. The highest BCUT2D eigenvalue weighted by atomic mass is 16.4. The van der Waals surface area contributed by atoms with Crippen LogP contribution in [0.15, 0.2) is 0 Å². The third-order valence-corrected chi connectivity index (χ3v) is 3.35. The summed E-state index contributed by atoms with van der Waals surface area (Å²) in [7, 11) is 0. The van der Waals surface area contributed by atoms with Gasteiger partial charge in [0.1, 0.15) is 6.04 Å². The van der Waals surface area contributed by atoms with Crippen molar-refractivity contribution >= 4 is 5.97 Å². The molecule has 0 bridgehead atoms. The molecule has 3 nitrogen and oxygen atoms in total. The monoisotopic (exact) mass is 213 g/mol. The van der Waals surface area contributed by atoms with Gasteiger partial charge >= 0.3 is 5.97 Å². The normalized spacial score (nSPS) is 20.9. The molecular formula is C12H23NO2. The molecule has 0 aromatic rings. The zero-order chi connectivity index (χ0) is 11.1. The molecule has 0 radical (unpaired) electrons. The van der Waals surface area contributed by atoms with E-state index < -0.39 is 12.0 Å². The van der Waals surface area contributed by atoms with Gasteiger partial charge in [-0.2, -0.15) is 0 Å². The minimum absolute atomic E-state index is 0.407. The van der Waals surface area contributed by atoms with Crippen molar-refractivity contribution in [1.29, 1.82) is 0 Å². The summed E-state index contributed by atoms with van der Waals surface area (Å²) in [4.78, 5) is 10.6. The Balaban J connectivity index is 2.10. The minimum Gasteiger partial charge on any atom is -0.480 e. The fourth-order valence-electron chi connectivity index (χ4n) is 2.24. The summed E-state index contributed by atoms with van der Waals surface area (Å²) in [5.41, 5.74) is 0.